The van der Waals surface area contributed by atoms with Gasteiger partial charge in [-0.3, -0.25) is 9.59 Å². The van der Waals surface area contributed by atoms with E-state index in [0.717, 1.165) is 17.8 Å². The first kappa shape index (κ1) is 26.5. The number of thiazole rings is 1. The number of phenolic OH excluding ortho intramolecular Hbond substituents is 1. The molecule has 0 aliphatic carbocycles. The number of nitrogens with zero attached hydrogens (tertiary/aromatic N) is 2. The molecule has 1 saturated heterocycles. The summed E-state index contributed by atoms with van der Waals surface area (Å²) in [7, 11) is 0. The Morgan fingerprint density at radius 1 is 1.11 bits per heavy atom. The molecule has 1 aliphatic rings. The number of carbonyl (C=O) groups excluding carboxylic acids is 2. The van der Waals surface area contributed by atoms with Crippen molar-refractivity contribution < 1.29 is 19.4 Å². The average molecular weight is 569 g/mol. The van der Waals surface area contributed by atoms with E-state index in [1.54, 1.807) is 42.3 Å². The maximum absolute atomic E-state index is 13.2. The zero-order chi connectivity index (χ0) is 26.0. The molecule has 3 aromatic rings. The van der Waals surface area contributed by atoms with E-state index in [1.807, 2.05) is 6.07 Å². The lowest BCUT2D eigenvalue weighted by Crippen LogP contribution is -2.51. The van der Waals surface area contributed by atoms with Crippen LogP contribution in [0.4, 0.5) is 5.69 Å². The zero-order valence-corrected chi connectivity index (χ0v) is 22.6. The minimum Gasteiger partial charge on any atom is -0.505 e. The van der Waals surface area contributed by atoms with Crippen LogP contribution >= 0.6 is 46.1 Å². The van der Waals surface area contributed by atoms with Crippen molar-refractivity contribution in [3.8, 4) is 11.5 Å². The third kappa shape index (κ3) is 5.89. The van der Waals surface area contributed by atoms with Gasteiger partial charge >= 0.3 is 0 Å². The Hall–Kier alpha value is -2.52. The highest BCUT2D eigenvalue weighted by Gasteiger charge is 2.37. The van der Waals surface area contributed by atoms with Gasteiger partial charge in [-0.05, 0) is 51.0 Å². The van der Waals surface area contributed by atoms with Crippen molar-refractivity contribution in [3.63, 3.8) is 0 Å². The van der Waals surface area contributed by atoms with Crippen LogP contribution in [-0.2, 0) is 4.79 Å². The van der Waals surface area contributed by atoms with Gasteiger partial charge in [0.2, 0.25) is 0 Å². The number of carbonyl (C=O) groups is 2. The molecule has 0 spiro atoms. The van der Waals surface area contributed by atoms with Crippen molar-refractivity contribution in [1.82, 2.24) is 9.88 Å². The van der Waals surface area contributed by atoms with Crippen LogP contribution in [0.15, 0.2) is 41.8 Å². The molecular formula is C25H24Cl3N3O4S. The van der Waals surface area contributed by atoms with Crippen molar-refractivity contribution in [2.24, 2.45) is 0 Å². The first-order chi connectivity index (χ1) is 17.0. The highest BCUT2D eigenvalue weighted by Crippen LogP contribution is 2.36. The second-order valence-corrected chi connectivity index (χ2v) is 11.0. The van der Waals surface area contributed by atoms with Crippen molar-refractivity contribution in [2.75, 3.05) is 18.4 Å². The minimum atomic E-state index is -1.07. The number of nitrogens with one attached hydrogen (secondary N) is 1. The molecule has 4 rings (SSSR count). The molecule has 2 amide bonds. The summed E-state index contributed by atoms with van der Waals surface area (Å²) < 4.78 is 5.95. The molecule has 1 fully saturated rings. The fraction of sp³-hybridized carbons (Fsp3) is 0.320. The largest absolute Gasteiger partial charge is 0.505 e. The SMILES string of the molecule is CC(C)(Oc1ccccc1Cl)C(=O)N1CCC(c2nc(C(=O)Nc3cc(Cl)c(O)c(Cl)c3)cs2)CC1. The van der Waals surface area contributed by atoms with Gasteiger partial charge in [0.05, 0.1) is 20.1 Å². The molecule has 7 nitrogen and oxygen atoms in total. The summed E-state index contributed by atoms with van der Waals surface area (Å²) in [5.74, 6) is -0.132. The summed E-state index contributed by atoms with van der Waals surface area (Å²) in [6, 6.07) is 9.91. The van der Waals surface area contributed by atoms with Gasteiger partial charge in [-0.15, -0.1) is 11.3 Å². The number of aromatic nitrogens is 1. The number of hydrogen-bond acceptors (Lipinski definition) is 6. The predicted molar refractivity (Wildman–Crippen MR) is 143 cm³/mol. The molecular weight excluding hydrogens is 545 g/mol. The molecule has 0 atom stereocenters. The van der Waals surface area contributed by atoms with E-state index >= 15 is 0 Å². The van der Waals surface area contributed by atoms with Gasteiger partial charge in [0.15, 0.2) is 11.4 Å². The summed E-state index contributed by atoms with van der Waals surface area (Å²) in [4.78, 5) is 32.1. The lowest BCUT2D eigenvalue weighted by molar-refractivity contribution is -0.146. The van der Waals surface area contributed by atoms with Crippen molar-refractivity contribution in [3.05, 3.63) is 67.5 Å². The number of aromatic hydroxyl groups is 1. The van der Waals surface area contributed by atoms with Crippen molar-refractivity contribution >= 4 is 63.6 Å². The fourth-order valence-corrected chi connectivity index (χ4v) is 5.60. The average Bonchev–Trinajstić information content (AvgIpc) is 3.34. The number of hydrogen-bond donors (Lipinski definition) is 2. The number of likely N-dealkylation sites (tertiary alicyclic amines) is 1. The van der Waals surface area contributed by atoms with Crippen LogP contribution in [-0.4, -0.2) is 45.5 Å². The van der Waals surface area contributed by atoms with E-state index in [2.05, 4.69) is 10.3 Å². The third-order valence-corrected chi connectivity index (χ3v) is 7.77. The van der Waals surface area contributed by atoms with Crippen LogP contribution in [0.25, 0.3) is 0 Å². The Balaban J connectivity index is 1.35. The van der Waals surface area contributed by atoms with Gasteiger partial charge in [-0.1, -0.05) is 46.9 Å². The van der Waals surface area contributed by atoms with Crippen LogP contribution in [0.5, 0.6) is 11.5 Å². The quantitative estimate of drug-likeness (QED) is 0.326. The number of phenols is 1. The van der Waals surface area contributed by atoms with Gasteiger partial charge in [0, 0.05) is 30.1 Å². The summed E-state index contributed by atoms with van der Waals surface area (Å²) >= 11 is 19.5. The highest BCUT2D eigenvalue weighted by molar-refractivity contribution is 7.10. The summed E-state index contributed by atoms with van der Waals surface area (Å²) in [6.45, 7) is 4.60. The monoisotopic (exact) mass is 567 g/mol. The molecule has 0 bridgehead atoms. The number of halogens is 3. The number of benzene rings is 2. The van der Waals surface area contributed by atoms with Gasteiger partial charge in [0.1, 0.15) is 11.4 Å². The van der Waals surface area contributed by atoms with Gasteiger partial charge in [-0.25, -0.2) is 4.98 Å². The molecule has 11 heteroatoms. The second-order valence-electron chi connectivity index (χ2n) is 8.92. The van der Waals surface area contributed by atoms with E-state index in [9.17, 15) is 14.7 Å². The smallest absolute Gasteiger partial charge is 0.275 e. The molecule has 1 aromatic heterocycles. The number of anilines is 1. The van der Waals surface area contributed by atoms with Crippen molar-refractivity contribution in [1.29, 1.82) is 0 Å². The van der Waals surface area contributed by atoms with Crippen LogP contribution in [0.3, 0.4) is 0 Å². The normalized spacial score (nSPS) is 14.5. The molecule has 0 radical (unpaired) electrons. The Labute approximate surface area is 227 Å². The summed E-state index contributed by atoms with van der Waals surface area (Å²) in [5.41, 5.74) is -0.427. The lowest BCUT2D eigenvalue weighted by Gasteiger charge is -2.36. The van der Waals surface area contributed by atoms with Crippen LogP contribution in [0.1, 0.15) is 48.1 Å². The Morgan fingerprint density at radius 3 is 2.39 bits per heavy atom. The fourth-order valence-electron chi connectivity index (χ4n) is 3.97. The van der Waals surface area contributed by atoms with E-state index < -0.39 is 11.5 Å². The highest BCUT2D eigenvalue weighted by atomic mass is 35.5. The maximum atomic E-state index is 13.2. The van der Waals surface area contributed by atoms with Crippen LogP contribution in [0.2, 0.25) is 15.1 Å². The molecule has 1 aliphatic heterocycles. The van der Waals surface area contributed by atoms with E-state index in [0.29, 0.717) is 29.5 Å². The van der Waals surface area contributed by atoms with Crippen LogP contribution < -0.4 is 10.1 Å². The van der Waals surface area contributed by atoms with E-state index in [4.69, 9.17) is 39.5 Å². The first-order valence-corrected chi connectivity index (χ1v) is 13.2. The standard InChI is InChI=1S/C25H24Cl3N3O4S/c1-25(2,35-20-6-4-3-5-16(20)26)24(34)31-9-7-14(8-10-31)23-30-19(13-36-23)22(33)29-15-11-17(27)21(32)18(28)12-15/h3-6,11-14,32H,7-10H2,1-2H3,(H,29,33). The lowest BCUT2D eigenvalue weighted by atomic mass is 9.96. The number of rotatable bonds is 6. The van der Waals surface area contributed by atoms with Crippen LogP contribution in [0, 0.1) is 0 Å². The van der Waals surface area contributed by atoms with Gasteiger partial charge < -0.3 is 20.1 Å². The second kappa shape index (κ2) is 10.8. The molecule has 2 N–H and O–H groups in total. The third-order valence-electron chi connectivity index (χ3n) is 5.88. The number of piperidine rings is 1. The van der Waals surface area contributed by atoms with Crippen molar-refractivity contribution in [2.45, 2.75) is 38.2 Å². The first-order valence-electron chi connectivity index (χ1n) is 11.2. The minimum absolute atomic E-state index is 0.0403. The maximum Gasteiger partial charge on any atom is 0.275 e. The molecule has 2 aromatic carbocycles. The number of amides is 2. The molecule has 36 heavy (non-hydrogen) atoms. The topological polar surface area (TPSA) is 91.8 Å². The number of para-hydroxylation sites is 1. The van der Waals surface area contributed by atoms with Gasteiger partial charge in [-0.2, -0.15) is 0 Å². The summed E-state index contributed by atoms with van der Waals surface area (Å²) in [5, 5.41) is 15.5. The number of ether oxygens (including phenoxy) is 1. The molecule has 2 heterocycles. The Morgan fingerprint density at radius 2 is 1.75 bits per heavy atom. The molecule has 190 valence electrons. The Bertz CT molecular complexity index is 1270. The molecule has 0 saturated carbocycles. The van der Waals surface area contributed by atoms with Gasteiger partial charge in [0.25, 0.3) is 11.8 Å². The predicted octanol–water partition coefficient (Wildman–Crippen LogP) is 6.62. The van der Waals surface area contributed by atoms with E-state index in [-0.39, 0.29) is 33.3 Å². The Kier molecular flexibility index (Phi) is 7.99. The molecule has 0 unspecified atom stereocenters. The summed E-state index contributed by atoms with van der Waals surface area (Å²) in [6.07, 6.45) is 1.46. The zero-order valence-electron chi connectivity index (χ0n) is 19.6. The van der Waals surface area contributed by atoms with E-state index in [1.165, 1.54) is 23.5 Å².